The zero-order chi connectivity index (χ0) is 55.6. The van der Waals surface area contributed by atoms with Gasteiger partial charge in [-0.2, -0.15) is 0 Å². The van der Waals surface area contributed by atoms with Crippen LogP contribution in [0.4, 0.5) is 0 Å². The Hall–Kier alpha value is -2.81. The van der Waals surface area contributed by atoms with Gasteiger partial charge in [0.25, 0.3) is 7.82 Å². The molecule has 0 bridgehead atoms. The van der Waals surface area contributed by atoms with Crippen LogP contribution in [0.1, 0.15) is 271 Å². The van der Waals surface area contributed by atoms with Gasteiger partial charge < -0.3 is 27.9 Å². The molecule has 0 spiro atoms. The number of unbranched alkanes of at least 4 members (excludes halogenated alkanes) is 29. The molecule has 0 saturated heterocycles. The zero-order valence-electron chi connectivity index (χ0n) is 49.9. The summed E-state index contributed by atoms with van der Waals surface area (Å²) >= 11 is 0. The number of hydrogen-bond acceptors (Lipinski definition) is 8. The summed E-state index contributed by atoms with van der Waals surface area (Å²) in [5.74, 6) is -0.833. The molecular formula is C66H118NO8P. The fourth-order valence-corrected chi connectivity index (χ4v) is 9.33. The highest BCUT2D eigenvalue weighted by molar-refractivity contribution is 7.45. The maximum Gasteiger partial charge on any atom is 0.306 e. The summed E-state index contributed by atoms with van der Waals surface area (Å²) in [7, 11) is 1.16. The molecule has 76 heavy (non-hydrogen) atoms. The van der Waals surface area contributed by atoms with Crippen molar-refractivity contribution in [1.82, 2.24) is 0 Å². The number of phosphoric acid groups is 1. The summed E-state index contributed by atoms with van der Waals surface area (Å²) < 4.78 is 34.2. The van der Waals surface area contributed by atoms with Gasteiger partial charge in [-0.25, -0.2) is 0 Å². The highest BCUT2D eigenvalue weighted by Gasteiger charge is 2.22. The lowest BCUT2D eigenvalue weighted by Crippen LogP contribution is -2.37. The lowest BCUT2D eigenvalue weighted by molar-refractivity contribution is -0.870. The van der Waals surface area contributed by atoms with Gasteiger partial charge in [-0.3, -0.25) is 14.2 Å². The van der Waals surface area contributed by atoms with Crippen LogP contribution in [0.3, 0.4) is 0 Å². The number of esters is 2. The van der Waals surface area contributed by atoms with Crippen molar-refractivity contribution in [2.75, 3.05) is 47.5 Å². The van der Waals surface area contributed by atoms with Crippen LogP contribution in [0.25, 0.3) is 0 Å². The first kappa shape index (κ1) is 73.2. The maximum atomic E-state index is 12.8. The van der Waals surface area contributed by atoms with Crippen LogP contribution in [0.15, 0.2) is 85.1 Å². The normalized spacial score (nSPS) is 13.8. The fourth-order valence-electron chi connectivity index (χ4n) is 8.60. The third kappa shape index (κ3) is 60.4. The minimum absolute atomic E-state index is 0.0337. The number of phosphoric ester groups is 1. The molecule has 0 aliphatic heterocycles. The van der Waals surface area contributed by atoms with Crippen molar-refractivity contribution in [3.05, 3.63) is 85.1 Å². The first-order chi connectivity index (χ1) is 37.0. The van der Waals surface area contributed by atoms with E-state index in [0.29, 0.717) is 17.4 Å². The summed E-state index contributed by atoms with van der Waals surface area (Å²) in [6.07, 6.45) is 76.3. The van der Waals surface area contributed by atoms with Crippen molar-refractivity contribution in [2.45, 2.75) is 277 Å². The number of allylic oxidation sites excluding steroid dienone is 14. The molecular weight excluding hydrogens is 966 g/mol. The Bertz CT molecular complexity index is 1560. The minimum Gasteiger partial charge on any atom is -0.756 e. The van der Waals surface area contributed by atoms with Gasteiger partial charge in [0.15, 0.2) is 6.10 Å². The van der Waals surface area contributed by atoms with Gasteiger partial charge in [-0.05, 0) is 89.9 Å². The van der Waals surface area contributed by atoms with Crippen LogP contribution in [-0.2, 0) is 32.7 Å². The van der Waals surface area contributed by atoms with Crippen molar-refractivity contribution < 1.29 is 42.1 Å². The molecule has 0 rings (SSSR count). The molecule has 2 unspecified atom stereocenters. The molecule has 10 heteroatoms. The van der Waals surface area contributed by atoms with E-state index in [4.69, 9.17) is 18.5 Å². The highest BCUT2D eigenvalue weighted by Crippen LogP contribution is 2.38. The Morgan fingerprint density at radius 2 is 0.750 bits per heavy atom. The van der Waals surface area contributed by atoms with E-state index < -0.39 is 26.5 Å². The van der Waals surface area contributed by atoms with E-state index in [1.807, 2.05) is 21.1 Å². The SMILES string of the molecule is CC/C=C\C/C=C\C/C=C\C/C=C\C/C=C\CCCCCCCCCCCCCCCCCC(=O)OC(COC(=O)CCCCCCCCCCC/C=C\C/C=C\CCCCCCC)COP(=O)([O-])OCC[N+](C)(C)C. The van der Waals surface area contributed by atoms with Gasteiger partial charge in [-0.15, -0.1) is 0 Å². The Morgan fingerprint density at radius 1 is 0.421 bits per heavy atom. The number of hydrogen-bond donors (Lipinski definition) is 0. The van der Waals surface area contributed by atoms with E-state index in [1.165, 1.54) is 154 Å². The monoisotopic (exact) mass is 1080 g/mol. The molecule has 0 amide bonds. The molecule has 0 aromatic heterocycles. The fraction of sp³-hybridized carbons (Fsp3) is 0.758. The van der Waals surface area contributed by atoms with Gasteiger partial charge >= 0.3 is 11.9 Å². The maximum absolute atomic E-state index is 12.8. The Kier molecular flexibility index (Phi) is 54.8. The summed E-state index contributed by atoms with van der Waals surface area (Å²) in [6, 6.07) is 0. The van der Waals surface area contributed by atoms with Gasteiger partial charge in [-0.1, -0.05) is 253 Å². The first-order valence-corrected chi connectivity index (χ1v) is 32.8. The van der Waals surface area contributed by atoms with Gasteiger partial charge in [0.05, 0.1) is 27.7 Å². The van der Waals surface area contributed by atoms with Crippen molar-refractivity contribution >= 4 is 19.8 Å². The largest absolute Gasteiger partial charge is 0.756 e. The molecule has 0 radical (unpaired) electrons. The number of rotatable bonds is 57. The smallest absolute Gasteiger partial charge is 0.306 e. The molecule has 0 heterocycles. The van der Waals surface area contributed by atoms with Crippen molar-refractivity contribution in [3.8, 4) is 0 Å². The van der Waals surface area contributed by atoms with Crippen molar-refractivity contribution in [2.24, 2.45) is 0 Å². The third-order valence-corrected chi connectivity index (χ3v) is 14.4. The second kappa shape index (κ2) is 56.9. The van der Waals surface area contributed by atoms with E-state index >= 15 is 0 Å². The second-order valence-electron chi connectivity index (χ2n) is 22.0. The summed E-state index contributed by atoms with van der Waals surface area (Å²) in [5.41, 5.74) is 0. The molecule has 0 aliphatic carbocycles. The van der Waals surface area contributed by atoms with E-state index in [1.54, 1.807) is 0 Å². The molecule has 0 fully saturated rings. The number of carbonyl (C=O) groups is 2. The van der Waals surface area contributed by atoms with Crippen LogP contribution in [0.5, 0.6) is 0 Å². The van der Waals surface area contributed by atoms with E-state index in [0.717, 1.165) is 83.5 Å². The van der Waals surface area contributed by atoms with E-state index in [9.17, 15) is 19.0 Å². The molecule has 0 saturated carbocycles. The van der Waals surface area contributed by atoms with Crippen LogP contribution in [0, 0.1) is 0 Å². The standard InChI is InChI=1S/C66H118NO8P/c1-6-8-10-12-14-16-18-20-22-24-26-28-29-30-31-32-33-34-35-36-37-39-41-43-45-47-49-51-53-55-57-59-66(69)75-64(63-74-76(70,71)73-61-60-67(3,4)5)62-72-65(68)58-56-54-52-50-48-46-44-42-40-38-27-25-23-21-19-17-15-13-11-9-7-2/h8,10,14,16,19-22,25-28,30-31,64H,6-7,9,11-13,15,17-18,23-24,29,32-63H2,1-5H3/b10-8-,16-14-,21-19-,22-20-,27-25-,28-26-,31-30-. The highest BCUT2D eigenvalue weighted by atomic mass is 31.2. The Balaban J connectivity index is 4.10. The number of likely N-dealkylation sites (N-methyl/N-ethyl adjacent to an activating group) is 1. The van der Waals surface area contributed by atoms with Crippen molar-refractivity contribution in [3.63, 3.8) is 0 Å². The van der Waals surface area contributed by atoms with Crippen LogP contribution in [-0.4, -0.2) is 70.0 Å². The van der Waals surface area contributed by atoms with Crippen LogP contribution in [0.2, 0.25) is 0 Å². The molecule has 440 valence electrons. The number of carbonyl (C=O) groups excluding carboxylic acids is 2. The predicted molar refractivity (Wildman–Crippen MR) is 323 cm³/mol. The molecule has 9 nitrogen and oxygen atoms in total. The Labute approximate surface area is 469 Å². The molecule has 0 aromatic carbocycles. The van der Waals surface area contributed by atoms with Crippen LogP contribution >= 0.6 is 7.82 Å². The number of ether oxygens (including phenoxy) is 2. The summed E-state index contributed by atoms with van der Waals surface area (Å²) in [4.78, 5) is 37.9. The second-order valence-corrected chi connectivity index (χ2v) is 23.4. The minimum atomic E-state index is -4.64. The van der Waals surface area contributed by atoms with Crippen LogP contribution < -0.4 is 4.89 Å². The average molecular weight is 1080 g/mol. The van der Waals surface area contributed by atoms with E-state index in [-0.39, 0.29) is 32.0 Å². The zero-order valence-corrected chi connectivity index (χ0v) is 50.8. The van der Waals surface area contributed by atoms with E-state index in [2.05, 4.69) is 98.9 Å². The van der Waals surface area contributed by atoms with Gasteiger partial charge in [0.1, 0.15) is 19.8 Å². The molecule has 0 aliphatic rings. The Morgan fingerprint density at radius 3 is 1.12 bits per heavy atom. The molecule has 0 aromatic rings. The molecule has 2 atom stereocenters. The summed E-state index contributed by atoms with van der Waals surface area (Å²) in [6.45, 7) is 4.13. The predicted octanol–water partition coefficient (Wildman–Crippen LogP) is 19.2. The van der Waals surface area contributed by atoms with Crippen molar-refractivity contribution in [1.29, 1.82) is 0 Å². The average Bonchev–Trinajstić information content (AvgIpc) is 3.38. The topological polar surface area (TPSA) is 111 Å². The third-order valence-electron chi connectivity index (χ3n) is 13.4. The van der Waals surface area contributed by atoms with Gasteiger partial charge in [0, 0.05) is 12.8 Å². The first-order valence-electron chi connectivity index (χ1n) is 31.3. The van der Waals surface area contributed by atoms with Gasteiger partial charge in [0.2, 0.25) is 0 Å². The quantitative estimate of drug-likeness (QED) is 0.0195. The lowest BCUT2D eigenvalue weighted by Gasteiger charge is -2.28. The lowest BCUT2D eigenvalue weighted by atomic mass is 10.0. The molecule has 0 N–H and O–H groups in total. The number of quaternary nitrogens is 1. The number of nitrogens with zero attached hydrogens (tertiary/aromatic N) is 1. The summed E-state index contributed by atoms with van der Waals surface area (Å²) in [5, 5.41) is 0.